The number of anilines is 3. The molecule has 1 nitrogen and oxygen atoms in total. The molecule has 0 saturated carbocycles. The highest BCUT2D eigenvalue weighted by Crippen LogP contribution is 2.53. The minimum atomic E-state index is -0.117. The first-order valence-corrected chi connectivity index (χ1v) is 17.1. The van der Waals surface area contributed by atoms with E-state index in [9.17, 15) is 0 Å². The fourth-order valence-electron chi connectivity index (χ4n) is 7.91. The number of benzene rings is 7. The SMILES string of the molecule is Cc1cccc2c1-c1ccc(N(c3ccccc3-c3ccccc3)c3cc4ccccc4cc3-c3ccccc3C(C)C)cc1C2(C)C. The second kappa shape index (κ2) is 11.7. The number of hydrogen-bond donors (Lipinski definition) is 0. The van der Waals surface area contributed by atoms with E-state index in [0.29, 0.717) is 5.92 Å². The Labute approximate surface area is 285 Å². The van der Waals surface area contributed by atoms with Crippen LogP contribution in [0.1, 0.15) is 55.9 Å². The largest absolute Gasteiger partial charge is 0.309 e. The lowest BCUT2D eigenvalue weighted by Gasteiger charge is -2.32. The molecule has 0 aromatic heterocycles. The van der Waals surface area contributed by atoms with Crippen molar-refractivity contribution >= 4 is 27.8 Å². The van der Waals surface area contributed by atoms with Crippen LogP contribution in [0.15, 0.2) is 152 Å². The quantitative estimate of drug-likeness (QED) is 0.179. The average Bonchev–Trinajstić information content (AvgIpc) is 3.35. The molecule has 0 radical (unpaired) electrons. The number of hydrogen-bond acceptors (Lipinski definition) is 1. The summed E-state index contributed by atoms with van der Waals surface area (Å²) in [6.07, 6.45) is 0. The van der Waals surface area contributed by atoms with Crippen LogP contribution in [0.3, 0.4) is 0 Å². The summed E-state index contributed by atoms with van der Waals surface area (Å²) >= 11 is 0. The molecule has 234 valence electrons. The van der Waals surface area contributed by atoms with Gasteiger partial charge in [0, 0.05) is 22.2 Å². The van der Waals surface area contributed by atoms with E-state index >= 15 is 0 Å². The summed E-state index contributed by atoms with van der Waals surface area (Å²) in [4.78, 5) is 2.52. The first-order valence-electron chi connectivity index (χ1n) is 17.1. The van der Waals surface area contributed by atoms with Gasteiger partial charge in [0.05, 0.1) is 11.4 Å². The van der Waals surface area contributed by atoms with Crippen molar-refractivity contribution in [3.8, 4) is 33.4 Å². The molecule has 48 heavy (non-hydrogen) atoms. The molecule has 8 rings (SSSR count). The van der Waals surface area contributed by atoms with E-state index in [4.69, 9.17) is 0 Å². The first kappa shape index (κ1) is 30.0. The summed E-state index contributed by atoms with van der Waals surface area (Å²) in [5.74, 6) is 0.383. The molecule has 1 aliphatic rings. The van der Waals surface area contributed by atoms with E-state index in [2.05, 4.69) is 191 Å². The summed E-state index contributed by atoms with van der Waals surface area (Å²) in [6.45, 7) is 11.6. The van der Waals surface area contributed by atoms with Gasteiger partial charge >= 0.3 is 0 Å². The molecule has 0 unspecified atom stereocenters. The normalized spacial score (nSPS) is 13.0. The Morgan fingerprint density at radius 3 is 1.94 bits per heavy atom. The van der Waals surface area contributed by atoms with Gasteiger partial charge in [0.15, 0.2) is 0 Å². The lowest BCUT2D eigenvalue weighted by molar-refractivity contribution is 0.660. The zero-order valence-electron chi connectivity index (χ0n) is 28.5. The summed E-state index contributed by atoms with van der Waals surface area (Å²) in [7, 11) is 0. The number of para-hydroxylation sites is 1. The van der Waals surface area contributed by atoms with E-state index in [0.717, 1.165) is 11.4 Å². The number of nitrogens with zero attached hydrogens (tertiary/aromatic N) is 1. The van der Waals surface area contributed by atoms with Crippen LogP contribution in [0, 0.1) is 6.92 Å². The highest BCUT2D eigenvalue weighted by molar-refractivity contribution is 6.01. The van der Waals surface area contributed by atoms with Crippen LogP contribution in [0.2, 0.25) is 0 Å². The van der Waals surface area contributed by atoms with Crippen LogP contribution in [0.5, 0.6) is 0 Å². The predicted octanol–water partition coefficient (Wildman–Crippen LogP) is 13.4. The van der Waals surface area contributed by atoms with E-state index < -0.39 is 0 Å². The molecule has 0 atom stereocenters. The van der Waals surface area contributed by atoms with Gasteiger partial charge in [-0.25, -0.2) is 0 Å². The smallest absolute Gasteiger partial charge is 0.0546 e. The maximum Gasteiger partial charge on any atom is 0.0546 e. The van der Waals surface area contributed by atoms with Crippen molar-refractivity contribution in [1.82, 2.24) is 0 Å². The minimum absolute atomic E-state index is 0.117. The molecule has 7 aromatic rings. The second-order valence-corrected chi connectivity index (χ2v) is 14.0. The van der Waals surface area contributed by atoms with Crippen LogP contribution >= 0.6 is 0 Å². The Bertz CT molecular complexity index is 2310. The van der Waals surface area contributed by atoms with Gasteiger partial charge < -0.3 is 4.90 Å². The Balaban J connectivity index is 1.46. The summed E-state index contributed by atoms with van der Waals surface area (Å²) in [5, 5.41) is 2.47. The van der Waals surface area contributed by atoms with Crippen molar-refractivity contribution < 1.29 is 0 Å². The Hall–Kier alpha value is -5.40. The Kier molecular flexibility index (Phi) is 7.30. The highest BCUT2D eigenvalue weighted by Gasteiger charge is 2.37. The third-order valence-corrected chi connectivity index (χ3v) is 10.4. The molecule has 0 N–H and O–H groups in total. The Morgan fingerprint density at radius 2 is 1.17 bits per heavy atom. The van der Waals surface area contributed by atoms with Gasteiger partial charge in [0.25, 0.3) is 0 Å². The molecule has 0 amide bonds. The lowest BCUT2D eigenvalue weighted by atomic mass is 9.82. The lowest BCUT2D eigenvalue weighted by Crippen LogP contribution is -2.17. The van der Waals surface area contributed by atoms with Gasteiger partial charge in [-0.2, -0.15) is 0 Å². The fraction of sp³-hybridized carbons (Fsp3) is 0.149. The zero-order valence-corrected chi connectivity index (χ0v) is 28.5. The molecule has 0 fully saturated rings. The van der Waals surface area contributed by atoms with Crippen molar-refractivity contribution in [1.29, 1.82) is 0 Å². The van der Waals surface area contributed by atoms with Crippen LogP contribution in [0.4, 0.5) is 17.1 Å². The summed E-state index contributed by atoms with van der Waals surface area (Å²) in [5.41, 5.74) is 16.5. The van der Waals surface area contributed by atoms with Crippen LogP contribution in [-0.2, 0) is 5.41 Å². The van der Waals surface area contributed by atoms with Crippen molar-refractivity contribution in [3.63, 3.8) is 0 Å². The Morgan fingerprint density at radius 1 is 0.500 bits per heavy atom. The molecular weight excluding hydrogens is 579 g/mol. The maximum absolute atomic E-state index is 2.52. The molecule has 1 heteroatoms. The molecule has 0 spiro atoms. The highest BCUT2D eigenvalue weighted by atomic mass is 15.1. The van der Waals surface area contributed by atoms with Gasteiger partial charge in [-0.05, 0) is 98.5 Å². The molecule has 0 bridgehead atoms. The van der Waals surface area contributed by atoms with Gasteiger partial charge in [-0.15, -0.1) is 0 Å². The second-order valence-electron chi connectivity index (χ2n) is 14.0. The number of fused-ring (bicyclic) bond motifs is 4. The van der Waals surface area contributed by atoms with Crippen molar-refractivity contribution in [2.75, 3.05) is 4.90 Å². The fourth-order valence-corrected chi connectivity index (χ4v) is 7.91. The third-order valence-electron chi connectivity index (χ3n) is 10.4. The standard InChI is InChI=1S/C47H41N/c1-31(2)37-21-11-12-23-39(37)41-28-34-19-9-10-20-35(34)29-45(41)48(44-25-14-13-22-38(44)33-17-7-6-8-18-33)36-26-27-40-43(30-36)47(4,5)42-24-15-16-32(3)46(40)42/h6-31H,1-5H3. The van der Waals surface area contributed by atoms with E-state index in [1.165, 1.54) is 72.1 Å². The van der Waals surface area contributed by atoms with E-state index in [1.807, 2.05) is 0 Å². The van der Waals surface area contributed by atoms with Gasteiger partial charge in [0.1, 0.15) is 0 Å². The first-order chi connectivity index (χ1) is 23.3. The number of aryl methyl sites for hydroxylation is 1. The molecule has 0 saturated heterocycles. The molecular formula is C47H41N. The molecule has 0 aliphatic heterocycles. The van der Waals surface area contributed by atoms with Gasteiger partial charge in [-0.1, -0.05) is 149 Å². The van der Waals surface area contributed by atoms with E-state index in [-0.39, 0.29) is 5.41 Å². The molecule has 7 aromatic carbocycles. The van der Waals surface area contributed by atoms with Crippen molar-refractivity contribution in [2.24, 2.45) is 0 Å². The summed E-state index contributed by atoms with van der Waals surface area (Å²) < 4.78 is 0. The predicted molar refractivity (Wildman–Crippen MR) is 206 cm³/mol. The summed E-state index contributed by atoms with van der Waals surface area (Å²) in [6, 6.07) is 56.1. The van der Waals surface area contributed by atoms with E-state index in [1.54, 1.807) is 0 Å². The monoisotopic (exact) mass is 619 g/mol. The van der Waals surface area contributed by atoms with Crippen LogP contribution in [-0.4, -0.2) is 0 Å². The topological polar surface area (TPSA) is 3.24 Å². The van der Waals surface area contributed by atoms with Crippen molar-refractivity contribution in [3.05, 3.63) is 174 Å². The van der Waals surface area contributed by atoms with Crippen LogP contribution < -0.4 is 4.90 Å². The van der Waals surface area contributed by atoms with Crippen molar-refractivity contribution in [2.45, 2.75) is 46.0 Å². The minimum Gasteiger partial charge on any atom is -0.309 e. The maximum atomic E-state index is 2.52. The number of rotatable bonds is 6. The van der Waals surface area contributed by atoms with Gasteiger partial charge in [-0.3, -0.25) is 0 Å². The van der Waals surface area contributed by atoms with Crippen LogP contribution in [0.25, 0.3) is 44.2 Å². The average molecular weight is 620 g/mol. The molecule has 1 aliphatic carbocycles. The third kappa shape index (κ3) is 4.85. The molecule has 0 heterocycles. The van der Waals surface area contributed by atoms with Gasteiger partial charge in [0.2, 0.25) is 0 Å². The zero-order chi connectivity index (χ0) is 33.0.